The summed E-state index contributed by atoms with van der Waals surface area (Å²) in [5, 5.41) is 9.46. The molecule has 1 fully saturated rings. The quantitative estimate of drug-likeness (QED) is 0.324. The van der Waals surface area contributed by atoms with Gasteiger partial charge in [0.25, 0.3) is 5.91 Å². The Hall–Kier alpha value is -4.55. The number of nitrogens with one attached hydrogen (secondary N) is 3. The summed E-state index contributed by atoms with van der Waals surface area (Å²) in [6, 6.07) is 19.6. The molecule has 2 aliphatic rings. The maximum Gasteiger partial charge on any atom is 0.258 e. The van der Waals surface area contributed by atoms with Gasteiger partial charge in [-0.2, -0.15) is 0 Å². The first-order chi connectivity index (χ1) is 20.2. The molecule has 11 nitrogen and oxygen atoms in total. The molecule has 5 rings (SSSR count). The summed E-state index contributed by atoms with van der Waals surface area (Å²) in [6.07, 6.45) is 1.08. The molecule has 0 spiro atoms. The average molecular weight is 592 g/mol. The predicted molar refractivity (Wildman–Crippen MR) is 163 cm³/mol. The minimum absolute atomic E-state index is 0.252. The maximum absolute atomic E-state index is 13.3. The molecular weight excluding hydrogens is 558 g/mol. The number of piperazine rings is 1. The zero-order chi connectivity index (χ0) is 29.9. The standard InChI is InChI=1S/C30H33N5O6S/c1-40-25-17-23-24(18-26(25)41-2)33-30(37)28(23)29(20-7-5-4-6-8-20)32-21-9-11-22(12-10-21)35(42(3,38)39)19-27(36)34-15-13-31-14-16-34/h4-12,17-18,31-32H,13-16,19H2,1-3H3,(H,33,37)/b29-28-. The van der Waals surface area contributed by atoms with Gasteiger partial charge in [0.2, 0.25) is 15.9 Å². The maximum atomic E-state index is 13.3. The van der Waals surface area contributed by atoms with Crippen molar-refractivity contribution in [2.75, 3.05) is 68.1 Å². The average Bonchev–Trinajstić information content (AvgIpc) is 3.32. The van der Waals surface area contributed by atoms with Gasteiger partial charge in [-0.05, 0) is 35.9 Å². The lowest BCUT2D eigenvalue weighted by molar-refractivity contribution is -0.130. The van der Waals surface area contributed by atoms with Crippen LogP contribution in [-0.4, -0.2) is 78.3 Å². The number of sulfonamides is 1. The van der Waals surface area contributed by atoms with Crippen molar-refractivity contribution >= 4 is 50.2 Å². The molecule has 0 bridgehead atoms. The van der Waals surface area contributed by atoms with E-state index < -0.39 is 10.0 Å². The summed E-state index contributed by atoms with van der Waals surface area (Å²) in [5.41, 5.74) is 3.97. The number of ether oxygens (including phenoxy) is 2. The van der Waals surface area contributed by atoms with Gasteiger partial charge < -0.3 is 30.3 Å². The van der Waals surface area contributed by atoms with Crippen LogP contribution >= 0.6 is 0 Å². The van der Waals surface area contributed by atoms with Gasteiger partial charge in [0.05, 0.1) is 43.1 Å². The van der Waals surface area contributed by atoms with Gasteiger partial charge in [0.1, 0.15) is 6.54 Å². The van der Waals surface area contributed by atoms with Crippen molar-refractivity contribution in [3.8, 4) is 11.5 Å². The summed E-state index contributed by atoms with van der Waals surface area (Å²) in [4.78, 5) is 27.9. The van der Waals surface area contributed by atoms with E-state index in [-0.39, 0.29) is 18.4 Å². The second kappa shape index (κ2) is 12.1. The Labute approximate surface area is 245 Å². The van der Waals surface area contributed by atoms with Crippen LogP contribution in [0.3, 0.4) is 0 Å². The highest BCUT2D eigenvalue weighted by atomic mass is 32.2. The molecule has 0 aliphatic carbocycles. The smallest absolute Gasteiger partial charge is 0.258 e. The summed E-state index contributed by atoms with van der Waals surface area (Å²) in [6.45, 7) is 2.13. The molecule has 42 heavy (non-hydrogen) atoms. The van der Waals surface area contributed by atoms with Crippen molar-refractivity contribution in [2.45, 2.75) is 0 Å². The normalized spacial score (nSPS) is 15.9. The lowest BCUT2D eigenvalue weighted by atomic mass is 9.99. The van der Waals surface area contributed by atoms with Gasteiger partial charge >= 0.3 is 0 Å². The van der Waals surface area contributed by atoms with E-state index in [1.54, 1.807) is 41.3 Å². The third-order valence-corrected chi connectivity index (χ3v) is 8.29. The molecule has 3 N–H and O–H groups in total. The SMILES string of the molecule is COc1cc2c(cc1OC)/C(=C(/Nc1ccc(N(CC(=O)N3CCNCC3)S(C)(=O)=O)cc1)c1ccccc1)C(=O)N2. The first-order valence-corrected chi connectivity index (χ1v) is 15.2. The van der Waals surface area contributed by atoms with Crippen molar-refractivity contribution in [1.29, 1.82) is 0 Å². The molecule has 0 saturated carbocycles. The first kappa shape index (κ1) is 29.0. The number of hydrogen-bond acceptors (Lipinski definition) is 8. The fourth-order valence-electron chi connectivity index (χ4n) is 5.02. The number of methoxy groups -OCH3 is 2. The fourth-order valence-corrected chi connectivity index (χ4v) is 5.87. The van der Waals surface area contributed by atoms with Crippen LogP contribution in [0, 0.1) is 0 Å². The van der Waals surface area contributed by atoms with Gasteiger partial charge in [-0.3, -0.25) is 13.9 Å². The molecular formula is C30H33N5O6S. The molecule has 0 unspecified atom stereocenters. The van der Waals surface area contributed by atoms with Crippen LogP contribution in [0.5, 0.6) is 11.5 Å². The Balaban J connectivity index is 1.49. The molecule has 12 heteroatoms. The largest absolute Gasteiger partial charge is 0.493 e. The Kier molecular flexibility index (Phi) is 8.36. The highest BCUT2D eigenvalue weighted by Gasteiger charge is 2.31. The molecule has 0 atom stereocenters. The van der Waals surface area contributed by atoms with Crippen molar-refractivity contribution in [1.82, 2.24) is 10.2 Å². The summed E-state index contributed by atoms with van der Waals surface area (Å²) in [5.74, 6) is 0.433. The van der Waals surface area contributed by atoms with Crippen LogP contribution in [0.25, 0.3) is 11.3 Å². The third kappa shape index (κ3) is 6.04. The number of anilines is 3. The van der Waals surface area contributed by atoms with E-state index >= 15 is 0 Å². The van der Waals surface area contributed by atoms with E-state index in [1.165, 1.54) is 14.2 Å². The van der Waals surface area contributed by atoms with E-state index in [9.17, 15) is 18.0 Å². The van der Waals surface area contributed by atoms with Crippen LogP contribution in [0.4, 0.5) is 17.1 Å². The van der Waals surface area contributed by atoms with Gasteiger partial charge in [-0.25, -0.2) is 8.42 Å². The molecule has 2 amide bonds. The number of carbonyl (C=O) groups is 2. The Bertz CT molecular complexity index is 1620. The van der Waals surface area contributed by atoms with E-state index in [1.807, 2.05) is 30.3 Å². The van der Waals surface area contributed by atoms with Crippen LogP contribution < -0.4 is 29.7 Å². The number of amides is 2. The van der Waals surface area contributed by atoms with E-state index in [4.69, 9.17) is 9.47 Å². The number of carbonyl (C=O) groups excluding carboxylic acids is 2. The molecule has 0 aromatic heterocycles. The molecule has 3 aromatic rings. The van der Waals surface area contributed by atoms with E-state index in [0.717, 1.165) is 16.1 Å². The Morgan fingerprint density at radius 1 is 0.976 bits per heavy atom. The van der Waals surface area contributed by atoms with Crippen molar-refractivity contribution in [3.05, 3.63) is 77.9 Å². The van der Waals surface area contributed by atoms with Crippen LogP contribution in [0.1, 0.15) is 11.1 Å². The van der Waals surface area contributed by atoms with Crippen LogP contribution in [-0.2, 0) is 19.6 Å². The zero-order valence-corrected chi connectivity index (χ0v) is 24.5. The molecule has 3 aromatic carbocycles. The monoisotopic (exact) mass is 591 g/mol. The molecule has 1 saturated heterocycles. The molecule has 2 aliphatic heterocycles. The van der Waals surface area contributed by atoms with Gasteiger partial charge in [0, 0.05) is 43.5 Å². The third-order valence-electron chi connectivity index (χ3n) is 7.15. The molecule has 0 radical (unpaired) electrons. The van der Waals surface area contributed by atoms with E-state index in [0.29, 0.717) is 71.6 Å². The van der Waals surface area contributed by atoms with Gasteiger partial charge in [-0.1, -0.05) is 30.3 Å². The second-order valence-electron chi connectivity index (χ2n) is 9.90. The van der Waals surface area contributed by atoms with E-state index in [2.05, 4.69) is 16.0 Å². The highest BCUT2D eigenvalue weighted by molar-refractivity contribution is 7.92. The topological polar surface area (TPSA) is 129 Å². The second-order valence-corrected chi connectivity index (χ2v) is 11.8. The lowest BCUT2D eigenvalue weighted by Crippen LogP contribution is -2.50. The van der Waals surface area contributed by atoms with Crippen molar-refractivity contribution in [3.63, 3.8) is 0 Å². The Morgan fingerprint density at radius 3 is 2.24 bits per heavy atom. The number of hydrogen-bond donors (Lipinski definition) is 3. The minimum atomic E-state index is -3.73. The van der Waals surface area contributed by atoms with Crippen molar-refractivity contribution in [2.24, 2.45) is 0 Å². The molecule has 220 valence electrons. The lowest BCUT2D eigenvalue weighted by Gasteiger charge is -2.30. The first-order valence-electron chi connectivity index (χ1n) is 13.4. The molecule has 2 heterocycles. The van der Waals surface area contributed by atoms with Gasteiger partial charge in [-0.15, -0.1) is 0 Å². The Morgan fingerprint density at radius 2 is 1.62 bits per heavy atom. The number of rotatable bonds is 9. The highest BCUT2D eigenvalue weighted by Crippen LogP contribution is 2.43. The predicted octanol–water partition coefficient (Wildman–Crippen LogP) is 2.83. The van der Waals surface area contributed by atoms with Crippen LogP contribution in [0.2, 0.25) is 0 Å². The summed E-state index contributed by atoms with van der Waals surface area (Å²) in [7, 11) is -0.665. The minimum Gasteiger partial charge on any atom is -0.493 e. The van der Waals surface area contributed by atoms with Crippen molar-refractivity contribution < 1.29 is 27.5 Å². The van der Waals surface area contributed by atoms with Crippen LogP contribution in [0.15, 0.2) is 66.7 Å². The summed E-state index contributed by atoms with van der Waals surface area (Å²) >= 11 is 0. The fraction of sp³-hybridized carbons (Fsp3) is 0.267. The summed E-state index contributed by atoms with van der Waals surface area (Å²) < 4.78 is 37.4. The van der Waals surface area contributed by atoms with Gasteiger partial charge in [0.15, 0.2) is 11.5 Å². The zero-order valence-electron chi connectivity index (χ0n) is 23.6. The number of fused-ring (bicyclic) bond motifs is 1. The number of nitrogens with zero attached hydrogens (tertiary/aromatic N) is 2. The number of benzene rings is 3.